The number of hydrogen-bond donors (Lipinski definition) is 2. The molecule has 0 fully saturated rings. The van der Waals surface area contributed by atoms with Gasteiger partial charge >= 0.3 is 5.97 Å². The molecule has 1 amide bonds. The minimum Gasteiger partial charge on any atom is -0.481 e. The summed E-state index contributed by atoms with van der Waals surface area (Å²) in [6.07, 6.45) is 4.71. The van der Waals surface area contributed by atoms with E-state index in [-0.39, 0.29) is 18.7 Å². The highest BCUT2D eigenvalue weighted by molar-refractivity contribution is 8.00. The number of aliphatic carboxylic acids is 1. The van der Waals surface area contributed by atoms with Crippen LogP contribution in [0.25, 0.3) is 0 Å². The summed E-state index contributed by atoms with van der Waals surface area (Å²) < 4.78 is 6.47. The van der Waals surface area contributed by atoms with E-state index in [9.17, 15) is 9.59 Å². The van der Waals surface area contributed by atoms with Gasteiger partial charge in [-0.2, -0.15) is 0 Å². The zero-order valence-electron chi connectivity index (χ0n) is 12.6. The molecule has 0 radical (unpaired) electrons. The van der Waals surface area contributed by atoms with Gasteiger partial charge in [-0.05, 0) is 6.42 Å². The second kappa shape index (κ2) is 8.68. The highest BCUT2D eigenvalue weighted by Crippen LogP contribution is 2.30. The maximum atomic E-state index is 11.6. The van der Waals surface area contributed by atoms with Crippen molar-refractivity contribution in [3.05, 3.63) is 24.0 Å². The number of carboxylic acid groups (broad SMARTS) is 1. The number of nitrogens with one attached hydrogen (secondary N) is 1. The van der Waals surface area contributed by atoms with Crippen molar-refractivity contribution in [2.24, 2.45) is 0 Å². The lowest BCUT2D eigenvalue weighted by molar-refractivity contribution is -0.137. The molecule has 0 saturated heterocycles. The summed E-state index contributed by atoms with van der Waals surface area (Å²) in [5, 5.41) is 11.7. The lowest BCUT2D eigenvalue weighted by Crippen LogP contribution is -2.11. The summed E-state index contributed by atoms with van der Waals surface area (Å²) in [5.41, 5.74) is 0. The largest absolute Gasteiger partial charge is 0.481 e. The minimum atomic E-state index is -0.900. The Morgan fingerprint density at radius 1 is 1.35 bits per heavy atom. The van der Waals surface area contributed by atoms with E-state index in [4.69, 9.17) is 9.52 Å². The van der Waals surface area contributed by atoms with Crippen LogP contribution in [0.3, 0.4) is 0 Å². The molecule has 2 aromatic rings. The first-order valence-corrected chi connectivity index (χ1v) is 8.91. The first kappa shape index (κ1) is 17.5. The molecule has 0 atom stereocenters. The van der Waals surface area contributed by atoms with Gasteiger partial charge in [0.2, 0.25) is 11.8 Å². The number of hydrogen-bond acceptors (Lipinski definition) is 7. The van der Waals surface area contributed by atoms with Gasteiger partial charge in [0.1, 0.15) is 5.76 Å². The molecule has 0 aliphatic rings. The number of carbonyl (C=O) groups is 2. The number of nitrogens with zero attached hydrogens (tertiary/aromatic N) is 2. The number of carbonyl (C=O) groups excluding carboxylic acids is 1. The highest BCUT2D eigenvalue weighted by atomic mass is 32.2. The molecule has 23 heavy (non-hydrogen) atoms. The second-order valence-electron chi connectivity index (χ2n) is 4.64. The summed E-state index contributed by atoms with van der Waals surface area (Å²) >= 11 is 2.90. The van der Waals surface area contributed by atoms with Crippen LogP contribution in [-0.4, -0.2) is 27.0 Å². The van der Waals surface area contributed by atoms with Crippen molar-refractivity contribution in [2.75, 3.05) is 5.32 Å². The Labute approximate surface area is 141 Å². The molecule has 2 heterocycles. The van der Waals surface area contributed by atoms with E-state index in [0.29, 0.717) is 23.2 Å². The maximum Gasteiger partial charge on any atom is 0.303 e. The predicted molar refractivity (Wildman–Crippen MR) is 87.7 cm³/mol. The molecular formula is C14H17N3O4S2. The van der Waals surface area contributed by atoms with Crippen LogP contribution < -0.4 is 5.32 Å². The predicted octanol–water partition coefficient (Wildman–Crippen LogP) is 3.18. The Hall–Kier alpha value is -1.87. The zero-order valence-corrected chi connectivity index (χ0v) is 14.2. The molecule has 9 heteroatoms. The smallest absolute Gasteiger partial charge is 0.303 e. The Bertz CT molecular complexity index is 669. The van der Waals surface area contributed by atoms with E-state index in [1.807, 2.05) is 6.92 Å². The number of carboxylic acids is 1. The van der Waals surface area contributed by atoms with Crippen molar-refractivity contribution < 1.29 is 19.1 Å². The van der Waals surface area contributed by atoms with Crippen molar-refractivity contribution in [2.45, 2.75) is 42.6 Å². The first-order chi connectivity index (χ1) is 11.1. The normalized spacial score (nSPS) is 10.7. The molecule has 2 aromatic heterocycles. The summed E-state index contributed by atoms with van der Waals surface area (Å²) in [7, 11) is 0. The Kier molecular flexibility index (Phi) is 6.60. The maximum absolute atomic E-state index is 11.6. The fraction of sp³-hybridized carbons (Fsp3) is 0.429. The lowest BCUT2D eigenvalue weighted by Gasteiger charge is -1.99. The van der Waals surface area contributed by atoms with Crippen molar-refractivity contribution >= 4 is 40.1 Å². The van der Waals surface area contributed by atoms with Crippen LogP contribution in [0.1, 0.15) is 37.8 Å². The number of thiazole rings is 1. The molecule has 124 valence electrons. The van der Waals surface area contributed by atoms with Gasteiger partial charge in [0, 0.05) is 19.3 Å². The third kappa shape index (κ3) is 6.03. The monoisotopic (exact) mass is 355 g/mol. The highest BCUT2D eigenvalue weighted by Gasteiger charge is 2.09. The van der Waals surface area contributed by atoms with Crippen molar-refractivity contribution in [3.8, 4) is 0 Å². The van der Waals surface area contributed by atoms with E-state index >= 15 is 0 Å². The van der Waals surface area contributed by atoms with E-state index in [2.05, 4.69) is 15.3 Å². The Balaban J connectivity index is 1.76. The number of aromatic nitrogens is 2. The molecule has 0 unspecified atom stereocenters. The van der Waals surface area contributed by atoms with Gasteiger partial charge in [-0.15, -0.1) is 11.8 Å². The fourth-order valence-corrected chi connectivity index (χ4v) is 3.42. The van der Waals surface area contributed by atoms with Gasteiger partial charge in [0.25, 0.3) is 0 Å². The van der Waals surface area contributed by atoms with Crippen LogP contribution in [-0.2, 0) is 21.8 Å². The molecule has 0 spiro atoms. The quantitative estimate of drug-likeness (QED) is 0.665. The van der Waals surface area contributed by atoms with E-state index in [1.54, 1.807) is 12.4 Å². The number of oxazole rings is 1. The molecule has 0 aromatic carbocycles. The number of rotatable bonds is 9. The van der Waals surface area contributed by atoms with Gasteiger partial charge in [-0.3, -0.25) is 9.59 Å². The summed E-state index contributed by atoms with van der Waals surface area (Å²) in [5.74, 6) is 1.01. The van der Waals surface area contributed by atoms with Crippen LogP contribution >= 0.6 is 23.1 Å². The van der Waals surface area contributed by atoms with E-state index in [1.165, 1.54) is 23.1 Å². The van der Waals surface area contributed by atoms with Gasteiger partial charge < -0.3 is 14.8 Å². The van der Waals surface area contributed by atoms with Gasteiger partial charge in [-0.25, -0.2) is 9.97 Å². The second-order valence-corrected chi connectivity index (χ2v) is 6.95. The summed E-state index contributed by atoms with van der Waals surface area (Å²) in [6.45, 7) is 2.01. The van der Waals surface area contributed by atoms with Gasteiger partial charge in [-0.1, -0.05) is 18.3 Å². The van der Waals surface area contributed by atoms with Crippen LogP contribution in [0, 0.1) is 0 Å². The van der Waals surface area contributed by atoms with Crippen LogP contribution in [0.5, 0.6) is 0 Å². The van der Waals surface area contributed by atoms with Crippen molar-refractivity contribution in [1.29, 1.82) is 0 Å². The molecule has 0 saturated carbocycles. The fourth-order valence-electron chi connectivity index (χ4n) is 1.68. The number of aryl methyl sites for hydroxylation is 1. The average Bonchev–Trinajstić information content (AvgIpc) is 3.13. The minimum absolute atomic E-state index is 0.0116. The molecule has 0 aliphatic carbocycles. The van der Waals surface area contributed by atoms with E-state index in [0.717, 1.165) is 16.4 Å². The summed E-state index contributed by atoms with van der Waals surface area (Å²) in [6, 6.07) is 0. The topological polar surface area (TPSA) is 105 Å². The number of amides is 1. The molecule has 2 N–H and O–H groups in total. The van der Waals surface area contributed by atoms with Crippen LogP contribution in [0.15, 0.2) is 21.0 Å². The average molecular weight is 355 g/mol. The van der Waals surface area contributed by atoms with Crippen molar-refractivity contribution in [3.63, 3.8) is 0 Å². The standard InChI is InChI=1S/C14H17N3O4S2/c1-2-9-6-15-11(21-9)8-22-13-7-16-14(23-13)17-10(18)4-3-5-12(19)20/h6-7H,2-5,8H2,1H3,(H,19,20)(H,16,17,18). The van der Waals surface area contributed by atoms with Crippen molar-refractivity contribution in [1.82, 2.24) is 9.97 Å². The third-order valence-electron chi connectivity index (χ3n) is 2.81. The first-order valence-electron chi connectivity index (χ1n) is 7.10. The molecule has 7 nitrogen and oxygen atoms in total. The Morgan fingerprint density at radius 2 is 2.17 bits per heavy atom. The zero-order chi connectivity index (χ0) is 16.7. The summed E-state index contributed by atoms with van der Waals surface area (Å²) in [4.78, 5) is 30.4. The third-order valence-corrected chi connectivity index (χ3v) is 4.91. The molecule has 0 aliphatic heterocycles. The molecule has 0 bridgehead atoms. The van der Waals surface area contributed by atoms with Gasteiger partial charge in [0.15, 0.2) is 5.13 Å². The molecular weight excluding hydrogens is 338 g/mol. The molecule has 2 rings (SSSR count). The van der Waals surface area contributed by atoms with E-state index < -0.39 is 5.97 Å². The number of anilines is 1. The lowest BCUT2D eigenvalue weighted by atomic mass is 10.2. The van der Waals surface area contributed by atoms with Crippen LogP contribution in [0.2, 0.25) is 0 Å². The van der Waals surface area contributed by atoms with Gasteiger partial charge in [0.05, 0.1) is 22.4 Å². The number of thioether (sulfide) groups is 1. The van der Waals surface area contributed by atoms with Crippen LogP contribution in [0.4, 0.5) is 5.13 Å². The SMILES string of the molecule is CCc1cnc(CSc2cnc(NC(=O)CCCC(=O)O)s2)o1. The Morgan fingerprint density at radius 3 is 2.87 bits per heavy atom.